The number of anilines is 1. The second-order valence-corrected chi connectivity index (χ2v) is 9.89. The SMILES string of the molecule is O=C(C1CCCOC1)N1CC(COc2cc(-n3c(C(F)F)nc4ccccc43)nc(N3CCOCC3)n2)C1. The highest BCUT2D eigenvalue weighted by Gasteiger charge is 2.35. The number of ether oxygens (including phenoxy) is 3. The molecule has 1 amide bonds. The topological polar surface area (TPSA) is 94.8 Å². The molecule has 0 N–H and O–H groups in total. The van der Waals surface area contributed by atoms with Crippen LogP contribution in [0.1, 0.15) is 25.1 Å². The molecule has 1 unspecified atom stereocenters. The third kappa shape index (κ3) is 5.02. The van der Waals surface area contributed by atoms with Gasteiger partial charge >= 0.3 is 0 Å². The van der Waals surface area contributed by atoms with Crippen molar-refractivity contribution in [3.05, 3.63) is 36.2 Å². The minimum atomic E-state index is -2.79. The van der Waals surface area contributed by atoms with E-state index in [2.05, 4.69) is 15.0 Å². The molecule has 1 aromatic carbocycles. The fourth-order valence-corrected chi connectivity index (χ4v) is 5.18. The van der Waals surface area contributed by atoms with Crippen molar-refractivity contribution in [1.82, 2.24) is 24.4 Å². The molecule has 2 aromatic heterocycles. The summed E-state index contributed by atoms with van der Waals surface area (Å²) >= 11 is 0. The van der Waals surface area contributed by atoms with E-state index >= 15 is 0 Å². The molecule has 0 radical (unpaired) electrons. The molecule has 5 heterocycles. The summed E-state index contributed by atoms with van der Waals surface area (Å²) in [5.41, 5.74) is 0.986. The minimum absolute atomic E-state index is 0.0554. The molecule has 38 heavy (non-hydrogen) atoms. The van der Waals surface area contributed by atoms with Crippen molar-refractivity contribution in [3.63, 3.8) is 0 Å². The normalized spacial score (nSPS) is 20.7. The molecule has 1 atom stereocenters. The Labute approximate surface area is 218 Å². The van der Waals surface area contributed by atoms with Crippen LogP contribution in [-0.2, 0) is 14.3 Å². The molecule has 202 valence electrons. The molecule has 12 heteroatoms. The average Bonchev–Trinajstić information content (AvgIpc) is 3.33. The molecule has 0 bridgehead atoms. The van der Waals surface area contributed by atoms with Gasteiger partial charge in [0.25, 0.3) is 6.43 Å². The zero-order valence-corrected chi connectivity index (χ0v) is 21.0. The summed E-state index contributed by atoms with van der Waals surface area (Å²) in [4.78, 5) is 29.9. The van der Waals surface area contributed by atoms with Gasteiger partial charge in [-0.05, 0) is 25.0 Å². The first-order valence-electron chi connectivity index (χ1n) is 13.0. The molecule has 3 fully saturated rings. The van der Waals surface area contributed by atoms with Crippen molar-refractivity contribution in [1.29, 1.82) is 0 Å². The monoisotopic (exact) mass is 528 g/mol. The lowest BCUT2D eigenvalue weighted by Crippen LogP contribution is -2.54. The highest BCUT2D eigenvalue weighted by Crippen LogP contribution is 2.30. The van der Waals surface area contributed by atoms with Crippen molar-refractivity contribution in [2.45, 2.75) is 19.3 Å². The summed E-state index contributed by atoms with van der Waals surface area (Å²) in [6.07, 6.45) is -1.01. The minimum Gasteiger partial charge on any atom is -0.477 e. The first-order chi connectivity index (χ1) is 18.6. The van der Waals surface area contributed by atoms with Crippen LogP contribution in [0.2, 0.25) is 0 Å². The summed E-state index contributed by atoms with van der Waals surface area (Å²) in [6.45, 7) is 5.03. The summed E-state index contributed by atoms with van der Waals surface area (Å²) < 4.78 is 46.4. The fourth-order valence-electron chi connectivity index (χ4n) is 5.18. The van der Waals surface area contributed by atoms with Crippen LogP contribution in [0.15, 0.2) is 30.3 Å². The molecule has 6 rings (SSSR count). The summed E-state index contributed by atoms with van der Waals surface area (Å²) in [7, 11) is 0. The Hall–Kier alpha value is -3.38. The van der Waals surface area contributed by atoms with Gasteiger partial charge in [-0.15, -0.1) is 0 Å². The van der Waals surface area contributed by atoms with Gasteiger partial charge < -0.3 is 24.0 Å². The van der Waals surface area contributed by atoms with E-state index in [4.69, 9.17) is 14.2 Å². The number of carbonyl (C=O) groups excluding carboxylic acids is 1. The maximum absolute atomic E-state index is 14.0. The lowest BCUT2D eigenvalue weighted by atomic mass is 9.95. The van der Waals surface area contributed by atoms with Gasteiger partial charge in [-0.1, -0.05) is 12.1 Å². The number of morpholine rings is 1. The second kappa shape index (κ2) is 10.8. The molecule has 0 saturated carbocycles. The number of para-hydroxylation sites is 2. The smallest absolute Gasteiger partial charge is 0.296 e. The van der Waals surface area contributed by atoms with Crippen LogP contribution in [-0.4, -0.2) is 89.5 Å². The molecule has 3 aliphatic rings. The standard InChI is InChI=1S/C26H30F2N6O4/c27-23(28)24-29-19-5-1-2-6-20(19)34(24)21-12-22(31-26(30-21)32-7-10-36-11-8-32)38-15-17-13-33(14-17)25(35)18-4-3-9-37-16-18/h1-2,5-6,12,17-18,23H,3-4,7-11,13-16H2. The molecular formula is C26H30F2N6O4. The van der Waals surface area contributed by atoms with Crippen molar-refractivity contribution >= 4 is 22.9 Å². The first kappa shape index (κ1) is 24.9. The molecule has 0 aliphatic carbocycles. The van der Waals surface area contributed by atoms with Crippen LogP contribution in [0, 0.1) is 11.8 Å². The lowest BCUT2D eigenvalue weighted by molar-refractivity contribution is -0.146. The number of rotatable bonds is 7. The number of nitrogens with zero attached hydrogens (tertiary/aromatic N) is 6. The van der Waals surface area contributed by atoms with E-state index < -0.39 is 6.43 Å². The average molecular weight is 529 g/mol. The van der Waals surface area contributed by atoms with E-state index in [1.54, 1.807) is 30.3 Å². The highest BCUT2D eigenvalue weighted by molar-refractivity contribution is 5.80. The number of hydrogen-bond donors (Lipinski definition) is 0. The Bertz CT molecular complexity index is 1290. The fraction of sp³-hybridized carbons (Fsp3) is 0.538. The largest absolute Gasteiger partial charge is 0.477 e. The van der Waals surface area contributed by atoms with Gasteiger partial charge in [0.2, 0.25) is 17.7 Å². The van der Waals surface area contributed by atoms with Crippen LogP contribution >= 0.6 is 0 Å². The van der Waals surface area contributed by atoms with Gasteiger partial charge in [-0.25, -0.2) is 13.8 Å². The molecular weight excluding hydrogens is 498 g/mol. The molecule has 3 aliphatic heterocycles. The summed E-state index contributed by atoms with van der Waals surface area (Å²) in [5, 5.41) is 0. The van der Waals surface area contributed by atoms with Gasteiger partial charge in [0.15, 0.2) is 5.82 Å². The van der Waals surface area contributed by atoms with Crippen LogP contribution in [0.4, 0.5) is 14.7 Å². The third-order valence-electron chi connectivity index (χ3n) is 7.23. The lowest BCUT2D eigenvalue weighted by Gasteiger charge is -2.41. The maximum atomic E-state index is 14.0. The van der Waals surface area contributed by atoms with Crippen LogP contribution in [0.25, 0.3) is 16.9 Å². The first-order valence-corrected chi connectivity index (χ1v) is 13.0. The number of amides is 1. The number of imidazole rings is 1. The quantitative estimate of drug-likeness (QED) is 0.462. The van der Waals surface area contributed by atoms with Crippen molar-refractivity contribution in [2.75, 3.05) is 64.1 Å². The van der Waals surface area contributed by atoms with Crippen molar-refractivity contribution in [2.24, 2.45) is 11.8 Å². The van der Waals surface area contributed by atoms with Crippen LogP contribution in [0.5, 0.6) is 5.88 Å². The highest BCUT2D eigenvalue weighted by atomic mass is 19.3. The van der Waals surface area contributed by atoms with E-state index in [1.165, 1.54) is 4.57 Å². The Balaban J connectivity index is 1.23. The van der Waals surface area contributed by atoms with E-state index in [0.717, 1.165) is 19.4 Å². The van der Waals surface area contributed by atoms with E-state index in [9.17, 15) is 13.6 Å². The molecule has 10 nitrogen and oxygen atoms in total. The van der Waals surface area contributed by atoms with Crippen LogP contribution < -0.4 is 9.64 Å². The predicted molar refractivity (Wildman–Crippen MR) is 134 cm³/mol. The summed E-state index contributed by atoms with van der Waals surface area (Å²) in [6, 6.07) is 8.55. The number of likely N-dealkylation sites (tertiary alicyclic amines) is 1. The number of aromatic nitrogens is 4. The summed E-state index contributed by atoms with van der Waals surface area (Å²) in [5.74, 6) is 0.819. The Morgan fingerprint density at radius 3 is 2.66 bits per heavy atom. The predicted octanol–water partition coefficient (Wildman–Crippen LogP) is 2.85. The van der Waals surface area contributed by atoms with Gasteiger partial charge in [-0.3, -0.25) is 9.36 Å². The van der Waals surface area contributed by atoms with Crippen molar-refractivity contribution in [3.8, 4) is 11.7 Å². The second-order valence-electron chi connectivity index (χ2n) is 9.89. The van der Waals surface area contributed by atoms with Gasteiger partial charge in [-0.2, -0.15) is 9.97 Å². The molecule has 3 saturated heterocycles. The number of fused-ring (bicyclic) bond motifs is 1. The number of benzene rings is 1. The van der Waals surface area contributed by atoms with E-state index in [0.29, 0.717) is 75.5 Å². The molecule has 0 spiro atoms. The number of hydrogen-bond acceptors (Lipinski definition) is 8. The Morgan fingerprint density at radius 2 is 1.89 bits per heavy atom. The maximum Gasteiger partial charge on any atom is 0.296 e. The van der Waals surface area contributed by atoms with E-state index in [1.807, 2.05) is 9.80 Å². The Kier molecular flexibility index (Phi) is 7.07. The third-order valence-corrected chi connectivity index (χ3v) is 7.23. The van der Waals surface area contributed by atoms with Gasteiger partial charge in [0.1, 0.15) is 5.82 Å². The van der Waals surface area contributed by atoms with Crippen LogP contribution in [0.3, 0.4) is 0 Å². The Morgan fingerprint density at radius 1 is 1.08 bits per heavy atom. The zero-order valence-electron chi connectivity index (χ0n) is 21.0. The number of halogens is 2. The van der Waals surface area contributed by atoms with Gasteiger partial charge in [0, 0.05) is 44.8 Å². The number of alkyl halides is 2. The van der Waals surface area contributed by atoms with E-state index in [-0.39, 0.29) is 29.4 Å². The molecule has 3 aromatic rings. The van der Waals surface area contributed by atoms with Gasteiger partial charge in [0.05, 0.1) is 43.4 Å². The number of carbonyl (C=O) groups is 1. The zero-order chi connectivity index (χ0) is 26.1. The van der Waals surface area contributed by atoms with Crippen molar-refractivity contribution < 1.29 is 27.8 Å².